The molecule has 0 aliphatic heterocycles. The minimum absolute atomic E-state index is 0.233. The Bertz CT molecular complexity index is 1300. The molecule has 2 N–H and O–H groups in total. The molecule has 0 aliphatic rings. The highest BCUT2D eigenvalue weighted by Crippen LogP contribution is 2.17. The van der Waals surface area contributed by atoms with Gasteiger partial charge in [0.1, 0.15) is 0 Å². The standard InChI is InChI=1S/C21H18ClN5O2/c1-13(27-20(29)16-8-4-2-6-14(16)12-24-27)18-10-19(28)26-21(25-18)23-11-15-7-3-5-9-17(15)22/h2-10,12-13H,11H2,1H3,(H2,23,25,26,28). The summed E-state index contributed by atoms with van der Waals surface area (Å²) in [6, 6.07) is 15.5. The molecule has 8 heteroatoms. The molecule has 0 radical (unpaired) electrons. The third kappa shape index (κ3) is 3.90. The Morgan fingerprint density at radius 1 is 1.14 bits per heavy atom. The van der Waals surface area contributed by atoms with Crippen molar-refractivity contribution >= 4 is 28.3 Å². The molecule has 2 aromatic heterocycles. The fourth-order valence-electron chi connectivity index (χ4n) is 3.10. The van der Waals surface area contributed by atoms with Crippen LogP contribution >= 0.6 is 11.6 Å². The van der Waals surface area contributed by atoms with Crippen LogP contribution in [0.3, 0.4) is 0 Å². The zero-order valence-corrected chi connectivity index (χ0v) is 16.3. The molecule has 0 amide bonds. The average Bonchev–Trinajstić information content (AvgIpc) is 2.73. The molecular formula is C21H18ClN5O2. The number of halogens is 1. The number of nitrogens with one attached hydrogen (secondary N) is 2. The zero-order valence-electron chi connectivity index (χ0n) is 15.6. The van der Waals surface area contributed by atoms with Gasteiger partial charge in [0.05, 0.1) is 23.3 Å². The van der Waals surface area contributed by atoms with Crippen molar-refractivity contribution in [2.45, 2.75) is 19.5 Å². The fourth-order valence-corrected chi connectivity index (χ4v) is 3.30. The van der Waals surface area contributed by atoms with E-state index in [0.717, 1.165) is 10.9 Å². The number of hydrogen-bond acceptors (Lipinski definition) is 5. The smallest absolute Gasteiger partial charge is 0.275 e. The van der Waals surface area contributed by atoms with E-state index >= 15 is 0 Å². The van der Waals surface area contributed by atoms with Crippen LogP contribution in [0.4, 0.5) is 5.95 Å². The Balaban J connectivity index is 1.65. The molecule has 7 nitrogen and oxygen atoms in total. The van der Waals surface area contributed by atoms with Crippen LogP contribution in [0.15, 0.2) is 70.4 Å². The monoisotopic (exact) mass is 407 g/mol. The Labute approximate surface area is 171 Å². The van der Waals surface area contributed by atoms with Crippen LogP contribution < -0.4 is 16.4 Å². The summed E-state index contributed by atoms with van der Waals surface area (Å²) in [5.74, 6) is 0.299. The van der Waals surface area contributed by atoms with Crippen molar-refractivity contribution in [3.63, 3.8) is 0 Å². The molecule has 2 aromatic carbocycles. The largest absolute Gasteiger partial charge is 0.352 e. The predicted octanol–water partition coefficient (Wildman–Crippen LogP) is 3.35. The first-order valence-corrected chi connectivity index (χ1v) is 9.46. The number of fused-ring (bicyclic) bond motifs is 1. The summed E-state index contributed by atoms with van der Waals surface area (Å²) in [7, 11) is 0. The molecule has 0 aliphatic carbocycles. The van der Waals surface area contributed by atoms with Crippen LogP contribution in [-0.2, 0) is 6.54 Å². The molecule has 1 atom stereocenters. The molecule has 4 rings (SSSR count). The van der Waals surface area contributed by atoms with Gasteiger partial charge >= 0.3 is 0 Å². The first-order valence-electron chi connectivity index (χ1n) is 9.08. The second-order valence-electron chi connectivity index (χ2n) is 6.62. The van der Waals surface area contributed by atoms with Crippen molar-refractivity contribution in [2.75, 3.05) is 5.32 Å². The minimum atomic E-state index is -0.518. The van der Waals surface area contributed by atoms with Gasteiger partial charge in [-0.2, -0.15) is 5.10 Å². The summed E-state index contributed by atoms with van der Waals surface area (Å²) in [6.45, 7) is 2.18. The summed E-state index contributed by atoms with van der Waals surface area (Å²) < 4.78 is 1.34. The van der Waals surface area contributed by atoms with Crippen molar-refractivity contribution < 1.29 is 0 Å². The van der Waals surface area contributed by atoms with E-state index in [9.17, 15) is 9.59 Å². The highest BCUT2D eigenvalue weighted by Gasteiger charge is 2.16. The van der Waals surface area contributed by atoms with Crippen LogP contribution in [0.5, 0.6) is 0 Å². The first-order chi connectivity index (χ1) is 14.0. The van der Waals surface area contributed by atoms with Crippen LogP contribution in [-0.4, -0.2) is 19.7 Å². The van der Waals surface area contributed by atoms with Gasteiger partial charge in [0.2, 0.25) is 5.95 Å². The summed E-state index contributed by atoms with van der Waals surface area (Å²) in [6.07, 6.45) is 1.64. The Morgan fingerprint density at radius 2 is 1.90 bits per heavy atom. The van der Waals surface area contributed by atoms with Gasteiger partial charge in [-0.1, -0.05) is 48.0 Å². The second kappa shape index (κ2) is 7.89. The van der Waals surface area contributed by atoms with Crippen LogP contribution in [0, 0.1) is 0 Å². The SMILES string of the molecule is CC(c1cc(=O)[nH]c(NCc2ccccc2Cl)n1)n1ncc2ccccc2c1=O. The number of hydrogen-bond donors (Lipinski definition) is 2. The number of aromatic amines is 1. The van der Waals surface area contributed by atoms with Crippen LogP contribution in [0.1, 0.15) is 24.2 Å². The summed E-state index contributed by atoms with van der Waals surface area (Å²) in [5.41, 5.74) is 0.753. The Morgan fingerprint density at radius 3 is 2.72 bits per heavy atom. The molecule has 0 saturated carbocycles. The van der Waals surface area contributed by atoms with E-state index in [-0.39, 0.29) is 11.1 Å². The third-order valence-corrected chi connectivity index (χ3v) is 5.05. The van der Waals surface area contributed by atoms with E-state index < -0.39 is 6.04 Å². The van der Waals surface area contributed by atoms with Crippen molar-refractivity contribution in [1.29, 1.82) is 0 Å². The van der Waals surface area contributed by atoms with Gasteiger partial charge in [-0.25, -0.2) is 9.67 Å². The zero-order chi connectivity index (χ0) is 20.4. The molecule has 29 heavy (non-hydrogen) atoms. The second-order valence-corrected chi connectivity index (χ2v) is 7.03. The lowest BCUT2D eigenvalue weighted by molar-refractivity contribution is 0.524. The van der Waals surface area contributed by atoms with Crippen molar-refractivity contribution in [3.8, 4) is 0 Å². The van der Waals surface area contributed by atoms with Gasteiger partial charge in [0.15, 0.2) is 0 Å². The number of nitrogens with zero attached hydrogens (tertiary/aromatic N) is 3. The normalized spacial score (nSPS) is 12.1. The van der Waals surface area contributed by atoms with E-state index in [1.807, 2.05) is 30.3 Å². The van der Waals surface area contributed by atoms with Crippen molar-refractivity contribution in [1.82, 2.24) is 19.7 Å². The lowest BCUT2D eigenvalue weighted by Crippen LogP contribution is -2.28. The Kier molecular flexibility index (Phi) is 5.14. The van der Waals surface area contributed by atoms with Crippen molar-refractivity contribution in [3.05, 3.63) is 97.8 Å². The summed E-state index contributed by atoms with van der Waals surface area (Å²) >= 11 is 6.17. The van der Waals surface area contributed by atoms with Crippen LogP contribution in [0.25, 0.3) is 10.8 Å². The number of benzene rings is 2. The number of rotatable bonds is 5. The number of anilines is 1. The molecule has 4 aromatic rings. The van der Waals surface area contributed by atoms with Gasteiger partial charge in [-0.05, 0) is 24.6 Å². The average molecular weight is 408 g/mol. The lowest BCUT2D eigenvalue weighted by atomic mass is 10.2. The predicted molar refractivity (Wildman–Crippen MR) is 113 cm³/mol. The molecule has 0 bridgehead atoms. The molecular weight excluding hydrogens is 390 g/mol. The van der Waals surface area contributed by atoms with Crippen molar-refractivity contribution in [2.24, 2.45) is 0 Å². The molecule has 0 spiro atoms. The highest BCUT2D eigenvalue weighted by atomic mass is 35.5. The summed E-state index contributed by atoms with van der Waals surface area (Å²) in [4.78, 5) is 32.1. The maximum Gasteiger partial charge on any atom is 0.275 e. The van der Waals surface area contributed by atoms with E-state index in [4.69, 9.17) is 11.6 Å². The van der Waals surface area contributed by atoms with Gasteiger partial charge < -0.3 is 5.32 Å². The molecule has 0 fully saturated rings. The number of H-pyrrole nitrogens is 1. The van der Waals surface area contributed by atoms with Crippen LogP contribution in [0.2, 0.25) is 5.02 Å². The molecule has 1 unspecified atom stereocenters. The summed E-state index contributed by atoms with van der Waals surface area (Å²) in [5, 5.41) is 9.29. The topological polar surface area (TPSA) is 92.7 Å². The van der Waals surface area contributed by atoms with E-state index in [1.165, 1.54) is 10.7 Å². The van der Waals surface area contributed by atoms with Gasteiger partial charge in [0, 0.05) is 23.0 Å². The maximum atomic E-state index is 12.8. The maximum absolute atomic E-state index is 12.8. The minimum Gasteiger partial charge on any atom is -0.352 e. The van der Waals surface area contributed by atoms with Gasteiger partial charge in [0.25, 0.3) is 11.1 Å². The van der Waals surface area contributed by atoms with E-state index in [1.54, 1.807) is 31.3 Å². The number of aromatic nitrogens is 4. The van der Waals surface area contributed by atoms with Gasteiger partial charge in [-0.15, -0.1) is 0 Å². The fraction of sp³-hybridized carbons (Fsp3) is 0.143. The van der Waals surface area contributed by atoms with E-state index in [2.05, 4.69) is 20.4 Å². The molecule has 0 saturated heterocycles. The first kappa shape index (κ1) is 18.9. The van der Waals surface area contributed by atoms with E-state index in [0.29, 0.717) is 28.6 Å². The quantitative estimate of drug-likeness (QED) is 0.529. The highest BCUT2D eigenvalue weighted by molar-refractivity contribution is 6.31. The Hall–Kier alpha value is -3.45. The third-order valence-electron chi connectivity index (χ3n) is 4.68. The van der Waals surface area contributed by atoms with Gasteiger partial charge in [-0.3, -0.25) is 14.6 Å². The lowest BCUT2D eigenvalue weighted by Gasteiger charge is -2.15. The molecule has 146 valence electrons. The molecule has 2 heterocycles.